The summed E-state index contributed by atoms with van der Waals surface area (Å²) in [5, 5.41) is 16.6. The maximum Gasteiger partial charge on any atom is 0.161 e. The predicted octanol–water partition coefficient (Wildman–Crippen LogP) is 2.72. The second kappa shape index (κ2) is 5.80. The Balaban J connectivity index is 2.31. The summed E-state index contributed by atoms with van der Waals surface area (Å²) in [5.41, 5.74) is 4.96. The first kappa shape index (κ1) is 14.8. The van der Waals surface area contributed by atoms with Crippen molar-refractivity contribution in [2.45, 2.75) is 27.3 Å². The number of nitriles is 1. The molecule has 0 aliphatic rings. The average Bonchev–Trinajstić information content (AvgIpc) is 2.69. The molecule has 1 heterocycles. The van der Waals surface area contributed by atoms with Crippen molar-refractivity contribution in [3.8, 4) is 6.07 Å². The van der Waals surface area contributed by atoms with Gasteiger partial charge in [-0.05, 0) is 39.0 Å². The van der Waals surface area contributed by atoms with Crippen LogP contribution >= 0.6 is 0 Å². The first-order valence-corrected chi connectivity index (χ1v) is 6.72. The number of benzene rings is 1. The van der Waals surface area contributed by atoms with Gasteiger partial charge >= 0.3 is 0 Å². The topological polar surface area (TPSA) is 70.7 Å². The van der Waals surface area contributed by atoms with Gasteiger partial charge in [-0.25, -0.2) is 0 Å². The number of aryl methyl sites for hydroxylation is 2. The second-order valence-electron chi connectivity index (χ2n) is 5.05. The van der Waals surface area contributed by atoms with E-state index in [4.69, 9.17) is 5.26 Å². The largest absolute Gasteiger partial charge is 0.380 e. The van der Waals surface area contributed by atoms with Crippen LogP contribution in [-0.4, -0.2) is 15.6 Å². The smallest absolute Gasteiger partial charge is 0.161 e. The van der Waals surface area contributed by atoms with E-state index >= 15 is 0 Å². The molecule has 0 radical (unpaired) electrons. The van der Waals surface area contributed by atoms with E-state index in [0.717, 1.165) is 17.0 Å². The number of Topliss-reactive ketones (excluding diaryl/α,β-unsaturated/α-hetero) is 1. The SMILES string of the molecule is CC(=O)c1ccc(C#N)cc1NCc1c(C)nn(C)c1C. The molecule has 5 heteroatoms. The molecule has 108 valence electrons. The third-order valence-corrected chi connectivity index (χ3v) is 3.64. The monoisotopic (exact) mass is 282 g/mol. The van der Waals surface area contributed by atoms with Gasteiger partial charge in [0, 0.05) is 36.1 Å². The van der Waals surface area contributed by atoms with E-state index in [1.54, 1.807) is 18.2 Å². The highest BCUT2D eigenvalue weighted by atomic mass is 16.1. The first-order chi connectivity index (χ1) is 9.93. The lowest BCUT2D eigenvalue weighted by Crippen LogP contribution is -2.07. The third-order valence-electron chi connectivity index (χ3n) is 3.64. The van der Waals surface area contributed by atoms with Crippen LogP contribution in [0.15, 0.2) is 18.2 Å². The summed E-state index contributed by atoms with van der Waals surface area (Å²) >= 11 is 0. The summed E-state index contributed by atoms with van der Waals surface area (Å²) < 4.78 is 1.84. The van der Waals surface area contributed by atoms with Gasteiger partial charge in [-0.1, -0.05) is 0 Å². The molecule has 21 heavy (non-hydrogen) atoms. The van der Waals surface area contributed by atoms with Crippen LogP contribution in [0, 0.1) is 25.2 Å². The fraction of sp³-hybridized carbons (Fsp3) is 0.312. The van der Waals surface area contributed by atoms with Crippen LogP contribution in [0.2, 0.25) is 0 Å². The maximum atomic E-state index is 11.7. The van der Waals surface area contributed by atoms with E-state index in [1.165, 1.54) is 6.92 Å². The molecular weight excluding hydrogens is 264 g/mol. The molecule has 5 nitrogen and oxygen atoms in total. The number of nitrogens with zero attached hydrogens (tertiary/aromatic N) is 3. The summed E-state index contributed by atoms with van der Waals surface area (Å²) in [6.07, 6.45) is 0. The number of hydrogen-bond acceptors (Lipinski definition) is 4. The number of hydrogen-bond donors (Lipinski definition) is 1. The Morgan fingerprint density at radius 1 is 1.43 bits per heavy atom. The Morgan fingerprint density at radius 2 is 2.14 bits per heavy atom. The first-order valence-electron chi connectivity index (χ1n) is 6.72. The van der Waals surface area contributed by atoms with Crippen LogP contribution in [0.1, 0.15) is 39.8 Å². The zero-order valence-electron chi connectivity index (χ0n) is 12.7. The standard InChI is InChI=1S/C16H18N4O/c1-10-15(11(2)20(4)19-10)9-18-16-7-13(8-17)5-6-14(16)12(3)21/h5-7,18H,9H2,1-4H3. The summed E-state index contributed by atoms with van der Waals surface area (Å²) in [5.74, 6) is -0.0263. The summed E-state index contributed by atoms with van der Waals surface area (Å²) in [6.45, 7) is 6.06. The Hall–Kier alpha value is -2.61. The Kier molecular flexibility index (Phi) is 4.08. The molecule has 0 atom stereocenters. The van der Waals surface area contributed by atoms with Gasteiger partial charge < -0.3 is 5.32 Å². The molecule has 1 N–H and O–H groups in total. The van der Waals surface area contributed by atoms with Crippen LogP contribution < -0.4 is 5.32 Å². The highest BCUT2D eigenvalue weighted by molar-refractivity contribution is 5.99. The van der Waals surface area contributed by atoms with Crippen LogP contribution in [0.4, 0.5) is 5.69 Å². The lowest BCUT2D eigenvalue weighted by molar-refractivity contribution is 0.101. The van der Waals surface area contributed by atoms with Crippen molar-refractivity contribution in [3.63, 3.8) is 0 Å². The molecule has 2 rings (SSSR count). The highest BCUT2D eigenvalue weighted by Crippen LogP contribution is 2.21. The van der Waals surface area contributed by atoms with Crippen LogP contribution in [0.5, 0.6) is 0 Å². The van der Waals surface area contributed by atoms with Crippen molar-refractivity contribution in [1.82, 2.24) is 9.78 Å². The average molecular weight is 282 g/mol. The highest BCUT2D eigenvalue weighted by Gasteiger charge is 2.12. The molecule has 0 aliphatic carbocycles. The number of anilines is 1. The molecule has 0 amide bonds. The van der Waals surface area contributed by atoms with Gasteiger partial charge in [0.2, 0.25) is 0 Å². The molecule has 2 aromatic rings. The van der Waals surface area contributed by atoms with Gasteiger partial charge in [0.25, 0.3) is 0 Å². The summed E-state index contributed by atoms with van der Waals surface area (Å²) in [7, 11) is 1.91. The molecule has 0 aliphatic heterocycles. The Bertz CT molecular complexity index is 737. The van der Waals surface area contributed by atoms with Gasteiger partial charge in [0.15, 0.2) is 5.78 Å². The van der Waals surface area contributed by atoms with Crippen molar-refractivity contribution in [2.75, 3.05) is 5.32 Å². The lowest BCUT2D eigenvalue weighted by atomic mass is 10.1. The van der Waals surface area contributed by atoms with Gasteiger partial charge in [-0.2, -0.15) is 10.4 Å². The third kappa shape index (κ3) is 2.95. The molecule has 0 spiro atoms. The number of carbonyl (C=O) groups is 1. The van der Waals surface area contributed by atoms with Crippen molar-refractivity contribution in [2.24, 2.45) is 7.05 Å². The van der Waals surface area contributed by atoms with Gasteiger partial charge in [0.05, 0.1) is 17.3 Å². The van der Waals surface area contributed by atoms with Crippen molar-refractivity contribution < 1.29 is 4.79 Å². The number of rotatable bonds is 4. The number of carbonyl (C=O) groups excluding carboxylic acids is 1. The number of nitrogens with one attached hydrogen (secondary N) is 1. The minimum absolute atomic E-state index is 0.0263. The molecule has 0 saturated carbocycles. The van der Waals surface area contributed by atoms with Gasteiger partial charge in [-0.15, -0.1) is 0 Å². The zero-order valence-corrected chi connectivity index (χ0v) is 12.7. The molecule has 0 saturated heterocycles. The fourth-order valence-electron chi connectivity index (χ4n) is 2.32. The summed E-state index contributed by atoms with van der Waals surface area (Å²) in [6, 6.07) is 7.14. The molecule has 1 aromatic carbocycles. The van der Waals surface area contributed by atoms with Crippen molar-refractivity contribution in [3.05, 3.63) is 46.3 Å². The molecule has 0 bridgehead atoms. The van der Waals surface area contributed by atoms with E-state index in [2.05, 4.69) is 16.5 Å². The van der Waals surface area contributed by atoms with E-state index in [-0.39, 0.29) is 5.78 Å². The quantitative estimate of drug-likeness (QED) is 0.875. The van der Waals surface area contributed by atoms with Gasteiger partial charge in [-0.3, -0.25) is 9.48 Å². The van der Waals surface area contributed by atoms with Crippen molar-refractivity contribution >= 4 is 11.5 Å². The molecule has 0 fully saturated rings. The Morgan fingerprint density at radius 3 is 2.67 bits per heavy atom. The molecule has 0 unspecified atom stereocenters. The lowest BCUT2D eigenvalue weighted by Gasteiger charge is -2.11. The number of aromatic nitrogens is 2. The normalized spacial score (nSPS) is 10.2. The van der Waals surface area contributed by atoms with E-state index in [0.29, 0.717) is 23.4 Å². The van der Waals surface area contributed by atoms with Crippen LogP contribution in [-0.2, 0) is 13.6 Å². The van der Waals surface area contributed by atoms with Crippen LogP contribution in [0.25, 0.3) is 0 Å². The van der Waals surface area contributed by atoms with E-state index in [1.807, 2.05) is 25.6 Å². The zero-order chi connectivity index (χ0) is 15.6. The van der Waals surface area contributed by atoms with Crippen molar-refractivity contribution in [1.29, 1.82) is 5.26 Å². The second-order valence-corrected chi connectivity index (χ2v) is 5.05. The molecular formula is C16H18N4O. The Labute approximate surface area is 124 Å². The minimum atomic E-state index is -0.0263. The maximum absolute atomic E-state index is 11.7. The number of ketones is 1. The van der Waals surface area contributed by atoms with E-state index in [9.17, 15) is 4.79 Å². The summed E-state index contributed by atoms with van der Waals surface area (Å²) in [4.78, 5) is 11.7. The predicted molar refractivity (Wildman–Crippen MR) is 81.2 cm³/mol. The van der Waals surface area contributed by atoms with Gasteiger partial charge in [0.1, 0.15) is 0 Å². The van der Waals surface area contributed by atoms with E-state index < -0.39 is 0 Å². The minimum Gasteiger partial charge on any atom is -0.380 e. The van der Waals surface area contributed by atoms with Crippen LogP contribution in [0.3, 0.4) is 0 Å². The molecule has 1 aromatic heterocycles. The fourth-order valence-corrected chi connectivity index (χ4v) is 2.32.